The number of anilines is 3. The van der Waals surface area contributed by atoms with Gasteiger partial charge < -0.3 is 65.0 Å². The van der Waals surface area contributed by atoms with Gasteiger partial charge in [0.1, 0.15) is 64.0 Å². The second-order valence-corrected chi connectivity index (χ2v) is 28.0. The topological polar surface area (TPSA) is 376 Å². The number of carbonyl (C=O) groups is 3. The Labute approximate surface area is 620 Å². The van der Waals surface area contributed by atoms with Gasteiger partial charge in [0.15, 0.2) is 0 Å². The predicted molar refractivity (Wildman–Crippen MR) is 395 cm³/mol. The lowest BCUT2D eigenvalue weighted by Gasteiger charge is -2.28. The third kappa shape index (κ3) is 19.7. The van der Waals surface area contributed by atoms with Crippen molar-refractivity contribution >= 4 is 81.0 Å². The zero-order valence-corrected chi connectivity index (χ0v) is 59.7. The Morgan fingerprint density at radius 1 is 0.481 bits per heavy atom. The van der Waals surface area contributed by atoms with Gasteiger partial charge in [0.25, 0.3) is 17.7 Å². The Hall–Kier alpha value is -8.91. The van der Waals surface area contributed by atoms with Crippen molar-refractivity contribution in [1.29, 1.82) is 0 Å². The molecule has 3 aliphatic carbocycles. The number of aliphatic hydroxyl groups excluding tert-OH is 4. The Balaban J connectivity index is 0.000000168. The van der Waals surface area contributed by atoms with Gasteiger partial charge in [-0.3, -0.25) is 14.4 Å². The van der Waals surface area contributed by atoms with Crippen molar-refractivity contribution in [1.82, 2.24) is 45.9 Å². The number of halogens is 8. The molecule has 6 atom stereocenters. The molecule has 9 aromatic rings. The molecular weight excluding hydrogens is 1500 g/mol. The highest BCUT2D eigenvalue weighted by atomic mass is 127. The van der Waals surface area contributed by atoms with Crippen molar-refractivity contribution in [3.8, 4) is 33.8 Å². The molecule has 3 heterocycles. The van der Waals surface area contributed by atoms with Crippen LogP contribution in [-0.4, -0.2) is 112 Å². The maximum absolute atomic E-state index is 15.0. The van der Waals surface area contributed by atoms with Crippen molar-refractivity contribution in [2.45, 2.75) is 131 Å². The minimum atomic E-state index is -1.36. The van der Waals surface area contributed by atoms with Crippen LogP contribution in [-0.2, 0) is 0 Å². The van der Waals surface area contributed by atoms with Gasteiger partial charge >= 0.3 is 0 Å². The fourth-order valence-electron chi connectivity index (χ4n) is 12.8. The lowest BCUT2D eigenvalue weighted by atomic mass is 9.84. The fraction of sp³-hybridized carbons (Fsp3) is 0.320. The number of alkyl halides is 1. The van der Waals surface area contributed by atoms with Gasteiger partial charge in [-0.1, -0.05) is 65.7 Å². The van der Waals surface area contributed by atoms with Crippen LogP contribution in [0.5, 0.6) is 0 Å². The number of benzene rings is 6. The van der Waals surface area contributed by atoms with Gasteiger partial charge in [-0.05, 0) is 189 Å². The largest absolute Gasteiger partial charge is 0.394 e. The molecule has 0 saturated heterocycles. The van der Waals surface area contributed by atoms with Crippen molar-refractivity contribution in [3.63, 3.8) is 0 Å². The first-order chi connectivity index (χ1) is 49.9. The highest BCUT2D eigenvalue weighted by Gasteiger charge is 2.32. The summed E-state index contributed by atoms with van der Waals surface area (Å²) >= 11 is 13.9. The molecule has 3 aromatic heterocycles. The first-order valence-corrected chi connectivity index (χ1v) is 35.5. The molecule has 546 valence electrons. The first kappa shape index (κ1) is 77.7. The summed E-state index contributed by atoms with van der Waals surface area (Å²) < 4.78 is 73.3. The second kappa shape index (κ2) is 35.7. The molecule has 6 aromatic carbocycles. The van der Waals surface area contributed by atoms with Gasteiger partial charge in [-0.25, -0.2) is 51.9 Å². The first-order valence-electron chi connectivity index (χ1n) is 33.7. The molecule has 29 heteroatoms. The summed E-state index contributed by atoms with van der Waals surface area (Å²) in [5, 5.41) is 47.5. The van der Waals surface area contributed by atoms with Gasteiger partial charge in [-0.2, -0.15) is 0 Å². The standard InChI is InChI=1S/2C25H27ClFN5O2.C25H24F3IN4O3/c2*26-17-3-1-2-15(10-17)22(13-33)32-25(34)19-9-6-16(11-20(19)27)23-24(29)30-12-21(31-23)14-4-7-18(28)8-5-14;26-15-5-14(6-16(29)9-15)21(11-34)33-25(36)17-3-1-13(8-18(17)27)23-24(30)31-10-20(32-23)12-2-4-22(35)19(28)7-12/h2*1-3,6,9-12,14,18,22,33H,4-5,7-8,13,28H2,(H2,29,30)(H,32,34);1,3,5-6,8-10,12,19,21-22,34-35H,2,4,7,11H2,(H2,30,31)(H,33,36)/t2*14?,18?,22-;12-,19-,21-,22-/m111/s1. The van der Waals surface area contributed by atoms with Gasteiger partial charge in [0.05, 0.1) is 96.4 Å². The quantitative estimate of drug-likeness (QED) is 0.0280. The van der Waals surface area contributed by atoms with E-state index in [0.29, 0.717) is 71.4 Å². The minimum absolute atomic E-state index is 0.0454. The average molecular weight is 1580 g/mol. The number of nitrogens with two attached hydrogens (primary N) is 5. The number of hydrogen-bond donors (Lipinski definition) is 12. The third-order valence-electron chi connectivity index (χ3n) is 18.7. The minimum Gasteiger partial charge on any atom is -0.394 e. The molecule has 12 rings (SSSR count). The number of aromatic nitrogens is 6. The van der Waals surface area contributed by atoms with E-state index < -0.39 is 78.0 Å². The number of nitrogen functional groups attached to an aromatic ring is 3. The van der Waals surface area contributed by atoms with E-state index in [9.17, 15) is 52.4 Å². The van der Waals surface area contributed by atoms with E-state index in [1.54, 1.807) is 79.1 Å². The number of nitrogens with zero attached hydrogens (tertiary/aromatic N) is 6. The molecule has 0 radical (unpaired) electrons. The molecule has 21 nitrogen and oxygen atoms in total. The molecule has 3 saturated carbocycles. The van der Waals surface area contributed by atoms with E-state index in [4.69, 9.17) is 51.9 Å². The average Bonchev–Trinajstić information content (AvgIpc) is 0.806. The lowest BCUT2D eigenvalue weighted by molar-refractivity contribution is 0.0363. The van der Waals surface area contributed by atoms with Crippen molar-refractivity contribution in [2.75, 3.05) is 37.0 Å². The number of amides is 3. The molecule has 3 aliphatic rings. The molecule has 104 heavy (non-hydrogen) atoms. The number of aliphatic hydroxyl groups is 4. The third-order valence-corrected chi connectivity index (χ3v) is 19.8. The summed E-state index contributed by atoms with van der Waals surface area (Å²) in [6.45, 7) is -1.24. The number of nitrogens with one attached hydrogen (secondary N) is 3. The Morgan fingerprint density at radius 2 is 0.837 bits per heavy atom. The summed E-state index contributed by atoms with van der Waals surface area (Å²) in [6, 6.07) is 27.8. The van der Waals surface area contributed by atoms with E-state index in [-0.39, 0.29) is 94.9 Å². The van der Waals surface area contributed by atoms with Crippen molar-refractivity contribution in [2.24, 2.45) is 11.5 Å². The van der Waals surface area contributed by atoms with Crippen LogP contribution in [0.4, 0.5) is 39.4 Å². The predicted octanol–water partition coefficient (Wildman–Crippen LogP) is 12.0. The van der Waals surface area contributed by atoms with E-state index in [1.807, 2.05) is 22.6 Å². The smallest absolute Gasteiger partial charge is 0.254 e. The van der Waals surface area contributed by atoms with Crippen LogP contribution in [0.15, 0.2) is 140 Å². The molecule has 0 bridgehead atoms. The van der Waals surface area contributed by atoms with Gasteiger partial charge in [0.2, 0.25) is 0 Å². The molecule has 3 fully saturated rings. The van der Waals surface area contributed by atoms with Crippen LogP contribution in [0.25, 0.3) is 33.8 Å². The highest BCUT2D eigenvalue weighted by Crippen LogP contribution is 2.38. The summed E-state index contributed by atoms with van der Waals surface area (Å²) in [6.07, 6.45) is 10.8. The monoisotopic (exact) mass is 1580 g/mol. The number of hydrogen-bond acceptors (Lipinski definition) is 18. The molecule has 0 aliphatic heterocycles. The maximum atomic E-state index is 15.0. The molecule has 0 spiro atoms. The van der Waals surface area contributed by atoms with Crippen LogP contribution < -0.4 is 44.6 Å². The van der Waals surface area contributed by atoms with E-state index in [1.165, 1.54) is 54.7 Å². The molecule has 0 unspecified atom stereocenters. The summed E-state index contributed by atoms with van der Waals surface area (Å²) in [7, 11) is 0. The summed E-state index contributed by atoms with van der Waals surface area (Å²) in [5.41, 5.74) is 35.3. The van der Waals surface area contributed by atoms with Crippen molar-refractivity contribution < 1.29 is 56.8 Å². The summed E-state index contributed by atoms with van der Waals surface area (Å²) in [5.74, 6) is -4.30. The van der Waals surface area contributed by atoms with E-state index >= 15 is 4.39 Å². The fourth-order valence-corrected chi connectivity index (χ4v) is 13.9. The SMILES string of the molecule is Nc1ncc(C2CCC(N)CC2)nc1-c1ccc(C(=O)N[C@H](CO)c2cccc(Cl)c2)c(F)c1.Nc1ncc(C2CCC(N)CC2)nc1-c1ccc(C(=O)N[C@H](CO)c2cccc(Cl)c2)c(F)c1.Nc1ncc([C@@H]2CC[C@@H](O)[C@H](F)C2)nc1-c1ccc(C(=O)N[C@H](CO)c2cc(F)cc(I)c2)c(F)c1. The normalized spacial score (nSPS) is 19.5. The maximum Gasteiger partial charge on any atom is 0.254 e. The van der Waals surface area contributed by atoms with Crippen molar-refractivity contribution in [3.05, 3.63) is 227 Å². The molecule has 17 N–H and O–H groups in total. The van der Waals surface area contributed by atoms with E-state index in [2.05, 4.69) is 45.9 Å². The van der Waals surface area contributed by atoms with Gasteiger partial charge in [0, 0.05) is 60.1 Å². The molecule has 3 amide bonds. The second-order valence-electron chi connectivity index (χ2n) is 25.9. The Morgan fingerprint density at radius 3 is 1.17 bits per heavy atom. The lowest BCUT2D eigenvalue weighted by Crippen LogP contribution is -2.31. The van der Waals surface area contributed by atoms with Crippen LogP contribution in [0.2, 0.25) is 10.0 Å². The van der Waals surface area contributed by atoms with Crippen LogP contribution in [0, 0.1) is 26.8 Å². The zero-order chi connectivity index (χ0) is 74.5. The van der Waals surface area contributed by atoms with Crippen LogP contribution >= 0.6 is 45.8 Å². The van der Waals surface area contributed by atoms with Crippen LogP contribution in [0.3, 0.4) is 0 Å². The number of carbonyl (C=O) groups excluding carboxylic acids is 3. The van der Waals surface area contributed by atoms with Gasteiger partial charge in [-0.15, -0.1) is 0 Å². The Bertz CT molecular complexity index is 4340. The highest BCUT2D eigenvalue weighted by molar-refractivity contribution is 14.1. The van der Waals surface area contributed by atoms with E-state index in [0.717, 1.165) is 68.8 Å². The Kier molecular flexibility index (Phi) is 26.7. The number of rotatable bonds is 18. The van der Waals surface area contributed by atoms with Crippen LogP contribution in [0.1, 0.15) is 171 Å². The molecular formula is C75H78Cl2F5IN14O7. The summed E-state index contributed by atoms with van der Waals surface area (Å²) in [4.78, 5) is 64.7. The zero-order valence-electron chi connectivity index (χ0n) is 56.1.